The summed E-state index contributed by atoms with van der Waals surface area (Å²) in [5, 5.41) is 0. The van der Waals surface area contributed by atoms with E-state index in [2.05, 4.69) is 0 Å². The summed E-state index contributed by atoms with van der Waals surface area (Å²) in [5.74, 6) is 0. The second kappa shape index (κ2) is 6.08. The van der Waals surface area contributed by atoms with Crippen LogP contribution in [-0.4, -0.2) is 9.13 Å². The minimum Gasteiger partial charge on any atom is -0.292 e. The standard InChI is InChI=1S/C12H17F3N2O2/c1-3-4-5-6-7-17-10(18)8-9(12(13,14)15)16(2)11(17)19/h8H,3-7H2,1-2H3. The molecule has 108 valence electrons. The zero-order valence-electron chi connectivity index (χ0n) is 11.0. The summed E-state index contributed by atoms with van der Waals surface area (Å²) in [4.78, 5) is 23.3. The van der Waals surface area contributed by atoms with E-state index in [1.807, 2.05) is 6.92 Å². The molecule has 0 aliphatic rings. The van der Waals surface area contributed by atoms with Crippen molar-refractivity contribution >= 4 is 0 Å². The van der Waals surface area contributed by atoms with Crippen LogP contribution in [0, 0.1) is 0 Å². The normalized spacial score (nSPS) is 11.8. The Balaban J connectivity index is 3.07. The largest absolute Gasteiger partial charge is 0.431 e. The van der Waals surface area contributed by atoms with Gasteiger partial charge < -0.3 is 0 Å². The van der Waals surface area contributed by atoms with Crippen molar-refractivity contribution < 1.29 is 13.2 Å². The predicted molar refractivity (Wildman–Crippen MR) is 65.1 cm³/mol. The van der Waals surface area contributed by atoms with Gasteiger partial charge in [-0.3, -0.25) is 13.9 Å². The molecular weight excluding hydrogens is 261 g/mol. The third-order valence-electron chi connectivity index (χ3n) is 2.93. The molecule has 7 heteroatoms. The van der Waals surface area contributed by atoms with Crippen molar-refractivity contribution in [3.8, 4) is 0 Å². The maximum atomic E-state index is 12.6. The highest BCUT2D eigenvalue weighted by atomic mass is 19.4. The van der Waals surface area contributed by atoms with Gasteiger partial charge in [-0.15, -0.1) is 0 Å². The zero-order valence-corrected chi connectivity index (χ0v) is 11.0. The first-order valence-corrected chi connectivity index (χ1v) is 6.17. The molecule has 0 spiro atoms. The molecule has 0 aliphatic carbocycles. The van der Waals surface area contributed by atoms with Crippen LogP contribution >= 0.6 is 0 Å². The Bertz CT molecular complexity index is 543. The topological polar surface area (TPSA) is 44.0 Å². The first-order valence-electron chi connectivity index (χ1n) is 6.17. The summed E-state index contributed by atoms with van der Waals surface area (Å²) in [7, 11) is 1.02. The van der Waals surface area contributed by atoms with Crippen LogP contribution in [0.2, 0.25) is 0 Å². The molecule has 0 fully saturated rings. The predicted octanol–water partition coefficient (Wildman–Crippen LogP) is 2.15. The SMILES string of the molecule is CCCCCCn1c(=O)cc(C(F)(F)F)n(C)c1=O. The van der Waals surface area contributed by atoms with Crippen molar-refractivity contribution in [2.24, 2.45) is 7.05 Å². The molecule has 4 nitrogen and oxygen atoms in total. The van der Waals surface area contributed by atoms with Crippen molar-refractivity contribution in [2.45, 2.75) is 45.3 Å². The molecule has 0 radical (unpaired) electrons. The minimum atomic E-state index is -4.70. The van der Waals surface area contributed by atoms with Crippen molar-refractivity contribution in [2.75, 3.05) is 0 Å². The van der Waals surface area contributed by atoms with Crippen LogP contribution in [-0.2, 0) is 19.8 Å². The Kier molecular flexibility index (Phi) is 4.97. The lowest BCUT2D eigenvalue weighted by Gasteiger charge is -2.13. The fourth-order valence-electron chi connectivity index (χ4n) is 1.84. The van der Waals surface area contributed by atoms with Gasteiger partial charge in [-0.05, 0) is 6.42 Å². The van der Waals surface area contributed by atoms with E-state index in [9.17, 15) is 22.8 Å². The first kappa shape index (κ1) is 15.5. The van der Waals surface area contributed by atoms with Crippen molar-refractivity contribution in [1.29, 1.82) is 0 Å². The molecule has 1 rings (SSSR count). The van der Waals surface area contributed by atoms with Gasteiger partial charge in [0.25, 0.3) is 5.56 Å². The number of alkyl halides is 3. The van der Waals surface area contributed by atoms with Gasteiger partial charge >= 0.3 is 11.9 Å². The lowest BCUT2D eigenvalue weighted by molar-refractivity contribution is -0.144. The van der Waals surface area contributed by atoms with Crippen molar-refractivity contribution in [3.63, 3.8) is 0 Å². The third-order valence-corrected chi connectivity index (χ3v) is 2.93. The van der Waals surface area contributed by atoms with Crippen LogP contribution < -0.4 is 11.2 Å². The van der Waals surface area contributed by atoms with Gasteiger partial charge in [0.05, 0.1) is 0 Å². The number of hydrogen-bond donors (Lipinski definition) is 0. The third kappa shape index (κ3) is 3.71. The van der Waals surface area contributed by atoms with Crippen LogP contribution in [0.1, 0.15) is 38.3 Å². The Morgan fingerprint density at radius 1 is 1.16 bits per heavy atom. The first-order chi connectivity index (χ1) is 8.79. The molecule has 1 aromatic heterocycles. The molecule has 0 aromatic carbocycles. The van der Waals surface area contributed by atoms with E-state index in [1.54, 1.807) is 0 Å². The molecule has 0 saturated carbocycles. The maximum absolute atomic E-state index is 12.6. The Morgan fingerprint density at radius 2 is 1.79 bits per heavy atom. The molecular formula is C12H17F3N2O2. The number of halogens is 3. The Morgan fingerprint density at radius 3 is 2.32 bits per heavy atom. The fourth-order valence-corrected chi connectivity index (χ4v) is 1.84. The van der Waals surface area contributed by atoms with Gasteiger partial charge in [-0.2, -0.15) is 13.2 Å². The zero-order chi connectivity index (χ0) is 14.6. The monoisotopic (exact) mass is 278 g/mol. The molecule has 0 unspecified atom stereocenters. The van der Waals surface area contributed by atoms with Crippen molar-refractivity contribution in [1.82, 2.24) is 9.13 Å². The second-order valence-corrected chi connectivity index (χ2v) is 4.42. The van der Waals surface area contributed by atoms with Gasteiger partial charge in [0.1, 0.15) is 5.69 Å². The average molecular weight is 278 g/mol. The quantitative estimate of drug-likeness (QED) is 0.775. The summed E-state index contributed by atoms with van der Waals surface area (Å²) in [6.07, 6.45) is -1.29. The minimum absolute atomic E-state index is 0.156. The van der Waals surface area contributed by atoms with E-state index >= 15 is 0 Å². The van der Waals surface area contributed by atoms with E-state index < -0.39 is 23.1 Å². The second-order valence-electron chi connectivity index (χ2n) is 4.42. The van der Waals surface area contributed by atoms with Crippen LogP contribution in [0.3, 0.4) is 0 Å². The fraction of sp³-hybridized carbons (Fsp3) is 0.667. The maximum Gasteiger partial charge on any atom is 0.431 e. The number of rotatable bonds is 5. The lowest BCUT2D eigenvalue weighted by atomic mass is 10.2. The van der Waals surface area contributed by atoms with E-state index in [4.69, 9.17) is 0 Å². The van der Waals surface area contributed by atoms with Gasteiger partial charge in [-0.25, -0.2) is 4.79 Å². The summed E-state index contributed by atoms with van der Waals surface area (Å²) in [6.45, 7) is 2.17. The van der Waals surface area contributed by atoms with Gasteiger partial charge in [-0.1, -0.05) is 26.2 Å². The smallest absolute Gasteiger partial charge is 0.292 e. The number of hydrogen-bond acceptors (Lipinski definition) is 2. The average Bonchev–Trinajstić information content (AvgIpc) is 2.31. The molecule has 0 amide bonds. The van der Waals surface area contributed by atoms with Crippen LogP contribution in [0.15, 0.2) is 15.7 Å². The van der Waals surface area contributed by atoms with Gasteiger partial charge in [0.15, 0.2) is 0 Å². The summed E-state index contributed by atoms with van der Waals surface area (Å²) in [6, 6.07) is 0.473. The Labute approximate surface area is 108 Å². The van der Waals surface area contributed by atoms with Crippen LogP contribution in [0.25, 0.3) is 0 Å². The summed E-state index contributed by atoms with van der Waals surface area (Å²) in [5.41, 5.74) is -3.03. The van der Waals surface area contributed by atoms with E-state index in [-0.39, 0.29) is 6.54 Å². The van der Waals surface area contributed by atoms with E-state index in [1.165, 1.54) is 0 Å². The molecule has 1 heterocycles. The van der Waals surface area contributed by atoms with Gasteiger partial charge in [0, 0.05) is 19.7 Å². The molecule has 0 saturated heterocycles. The number of nitrogens with zero attached hydrogens (tertiary/aromatic N) is 2. The molecule has 0 aliphatic heterocycles. The lowest BCUT2D eigenvalue weighted by Crippen LogP contribution is -2.41. The number of unbranched alkanes of at least 4 members (excludes halogenated alkanes) is 3. The highest BCUT2D eigenvalue weighted by Crippen LogP contribution is 2.26. The molecule has 0 N–H and O–H groups in total. The van der Waals surface area contributed by atoms with E-state index in [0.717, 1.165) is 30.9 Å². The van der Waals surface area contributed by atoms with Crippen molar-refractivity contribution in [3.05, 3.63) is 32.6 Å². The molecule has 0 atom stereocenters. The molecule has 19 heavy (non-hydrogen) atoms. The highest BCUT2D eigenvalue weighted by molar-refractivity contribution is 5.06. The van der Waals surface area contributed by atoms with Crippen LogP contribution in [0.5, 0.6) is 0 Å². The highest BCUT2D eigenvalue weighted by Gasteiger charge is 2.34. The van der Waals surface area contributed by atoms with Gasteiger partial charge in [0.2, 0.25) is 0 Å². The van der Waals surface area contributed by atoms with Crippen LogP contribution in [0.4, 0.5) is 13.2 Å². The summed E-state index contributed by atoms with van der Waals surface area (Å²) >= 11 is 0. The summed E-state index contributed by atoms with van der Waals surface area (Å²) < 4.78 is 39.1. The Hall–Kier alpha value is -1.53. The molecule has 0 bridgehead atoms. The molecule has 1 aromatic rings. The van der Waals surface area contributed by atoms with E-state index in [0.29, 0.717) is 17.1 Å². The number of aromatic nitrogens is 2.